The van der Waals surface area contributed by atoms with Crippen LogP contribution in [0.4, 0.5) is 11.5 Å². The molecule has 0 radical (unpaired) electrons. The van der Waals surface area contributed by atoms with Gasteiger partial charge in [0, 0.05) is 40.1 Å². The third-order valence-electron chi connectivity index (χ3n) is 4.62. The lowest BCUT2D eigenvalue weighted by molar-refractivity contribution is 0.0943. The van der Waals surface area contributed by atoms with E-state index >= 15 is 0 Å². The number of carbonyl (C=O) groups is 1. The molecule has 0 fully saturated rings. The highest BCUT2D eigenvalue weighted by Gasteiger charge is 2.15. The topological polar surface area (TPSA) is 71.3 Å². The van der Waals surface area contributed by atoms with Crippen molar-refractivity contribution in [2.45, 2.75) is 24.8 Å². The minimum absolute atomic E-state index is 0.0769. The zero-order valence-corrected chi connectivity index (χ0v) is 17.9. The van der Waals surface area contributed by atoms with Crippen molar-refractivity contribution in [1.82, 2.24) is 19.7 Å². The van der Waals surface area contributed by atoms with E-state index in [1.165, 1.54) is 4.90 Å². The monoisotopic (exact) mass is 417 g/mol. The molecule has 4 aromatic rings. The predicted molar refractivity (Wildman–Crippen MR) is 123 cm³/mol. The van der Waals surface area contributed by atoms with E-state index in [-0.39, 0.29) is 11.9 Å². The van der Waals surface area contributed by atoms with Crippen LogP contribution in [0, 0.1) is 0 Å². The van der Waals surface area contributed by atoms with Gasteiger partial charge in [0.1, 0.15) is 11.5 Å². The summed E-state index contributed by atoms with van der Waals surface area (Å²) in [5, 5.41) is 6.37. The zero-order valence-electron chi connectivity index (χ0n) is 17.1. The molecule has 0 unspecified atom stereocenters. The maximum Gasteiger partial charge on any atom is 0.251 e. The van der Waals surface area contributed by atoms with Crippen LogP contribution in [0.1, 0.15) is 24.2 Å². The van der Waals surface area contributed by atoms with Crippen molar-refractivity contribution in [1.29, 1.82) is 0 Å². The van der Waals surface area contributed by atoms with E-state index in [0.29, 0.717) is 5.56 Å². The highest BCUT2D eigenvalue weighted by molar-refractivity contribution is 7.98. The molecule has 0 aliphatic rings. The molecule has 0 aliphatic heterocycles. The molecule has 30 heavy (non-hydrogen) atoms. The lowest BCUT2D eigenvalue weighted by Gasteiger charge is -2.11. The molecule has 4 rings (SSSR count). The third-order valence-corrected chi connectivity index (χ3v) is 5.37. The van der Waals surface area contributed by atoms with Crippen LogP contribution < -0.4 is 10.6 Å². The number of nitrogens with one attached hydrogen (secondary N) is 2. The number of carbonyl (C=O) groups excluding carboxylic acids is 1. The van der Waals surface area contributed by atoms with Gasteiger partial charge in [0.15, 0.2) is 5.65 Å². The molecule has 0 bridgehead atoms. The molecule has 0 saturated carbocycles. The second-order valence-corrected chi connectivity index (χ2v) is 8.05. The summed E-state index contributed by atoms with van der Waals surface area (Å²) < 4.78 is 1.98. The molecule has 0 spiro atoms. The average molecular weight is 418 g/mol. The summed E-state index contributed by atoms with van der Waals surface area (Å²) in [6.07, 6.45) is 7.42. The summed E-state index contributed by atoms with van der Waals surface area (Å²) in [5.74, 6) is 0.774. The minimum Gasteiger partial charge on any atom is -0.350 e. The molecule has 2 aromatic carbocycles. The highest BCUT2D eigenvalue weighted by atomic mass is 32.2. The minimum atomic E-state index is -0.0769. The molecular formula is C23H23N5OS. The fourth-order valence-electron chi connectivity index (χ4n) is 3.16. The summed E-state index contributed by atoms with van der Waals surface area (Å²) >= 11 is 1.71. The Morgan fingerprint density at radius 1 is 1.07 bits per heavy atom. The van der Waals surface area contributed by atoms with Crippen molar-refractivity contribution in [2.24, 2.45) is 0 Å². The molecule has 2 aromatic heterocycles. The largest absolute Gasteiger partial charge is 0.350 e. The number of thioether (sulfide) groups is 1. The smallest absolute Gasteiger partial charge is 0.251 e. The van der Waals surface area contributed by atoms with Crippen molar-refractivity contribution in [3.05, 3.63) is 72.7 Å². The Kier molecular flexibility index (Phi) is 5.72. The van der Waals surface area contributed by atoms with Gasteiger partial charge < -0.3 is 10.6 Å². The van der Waals surface area contributed by atoms with E-state index in [1.54, 1.807) is 24.2 Å². The lowest BCUT2D eigenvalue weighted by Crippen LogP contribution is -2.29. The number of amides is 1. The first-order valence-electron chi connectivity index (χ1n) is 9.69. The summed E-state index contributed by atoms with van der Waals surface area (Å²) in [6.45, 7) is 3.89. The Bertz CT molecular complexity index is 1170. The van der Waals surface area contributed by atoms with E-state index in [1.807, 2.05) is 48.7 Å². The molecule has 152 valence electrons. The number of fused-ring (bicyclic) bond motifs is 1. The number of anilines is 2. The maximum absolute atomic E-state index is 12.2. The van der Waals surface area contributed by atoms with Crippen LogP contribution in [0.5, 0.6) is 0 Å². The standard InChI is InChI=1S/C23H23N5OS/c1-15(2)25-23(29)17-4-8-18(9-5-17)26-22-21(16-6-10-19(30-3)11-7-16)27-20-14-24-12-13-28(20)22/h4-15,26H,1-3H3,(H,25,29). The van der Waals surface area contributed by atoms with Gasteiger partial charge in [-0.15, -0.1) is 11.8 Å². The molecule has 1 amide bonds. The van der Waals surface area contributed by atoms with Crippen molar-refractivity contribution in [3.8, 4) is 11.3 Å². The first-order valence-corrected chi connectivity index (χ1v) is 10.9. The third kappa shape index (κ3) is 4.16. The Balaban J connectivity index is 1.68. The van der Waals surface area contributed by atoms with Crippen LogP contribution in [0.15, 0.2) is 72.0 Å². The van der Waals surface area contributed by atoms with E-state index in [0.717, 1.165) is 28.4 Å². The van der Waals surface area contributed by atoms with Crippen molar-refractivity contribution >= 4 is 34.8 Å². The molecule has 0 atom stereocenters. The number of aromatic nitrogens is 3. The first kappa shape index (κ1) is 20.0. The summed E-state index contributed by atoms with van der Waals surface area (Å²) in [5.41, 5.74) is 4.13. The zero-order chi connectivity index (χ0) is 21.1. The second-order valence-electron chi connectivity index (χ2n) is 7.17. The fraction of sp³-hybridized carbons (Fsp3) is 0.174. The van der Waals surface area contributed by atoms with Crippen LogP contribution in [0.3, 0.4) is 0 Å². The van der Waals surface area contributed by atoms with E-state index in [4.69, 9.17) is 4.98 Å². The van der Waals surface area contributed by atoms with Crippen LogP contribution in [-0.4, -0.2) is 32.6 Å². The summed E-state index contributed by atoms with van der Waals surface area (Å²) in [6, 6.07) is 15.9. The van der Waals surface area contributed by atoms with Gasteiger partial charge in [0.25, 0.3) is 5.91 Å². The molecule has 2 N–H and O–H groups in total. The van der Waals surface area contributed by atoms with Crippen molar-refractivity contribution in [3.63, 3.8) is 0 Å². The van der Waals surface area contributed by atoms with Gasteiger partial charge in [-0.2, -0.15) is 0 Å². The van der Waals surface area contributed by atoms with E-state index < -0.39 is 0 Å². The van der Waals surface area contributed by atoms with Gasteiger partial charge >= 0.3 is 0 Å². The van der Waals surface area contributed by atoms with Gasteiger partial charge in [0.05, 0.1) is 6.20 Å². The van der Waals surface area contributed by atoms with E-state index in [2.05, 4.69) is 46.1 Å². The molecule has 0 saturated heterocycles. The maximum atomic E-state index is 12.2. The summed E-state index contributed by atoms with van der Waals surface area (Å²) in [7, 11) is 0. The first-order chi connectivity index (χ1) is 14.5. The van der Waals surface area contributed by atoms with Crippen LogP contribution >= 0.6 is 11.8 Å². The number of imidazole rings is 1. The SMILES string of the molecule is CSc1ccc(-c2nc3cnccn3c2Nc2ccc(C(=O)NC(C)C)cc2)cc1. The number of rotatable bonds is 6. The normalized spacial score (nSPS) is 11.1. The predicted octanol–water partition coefficient (Wildman–Crippen LogP) is 5.00. The Morgan fingerprint density at radius 2 is 1.80 bits per heavy atom. The van der Waals surface area contributed by atoms with Gasteiger partial charge in [-0.05, 0) is 56.5 Å². The number of hydrogen-bond donors (Lipinski definition) is 2. The van der Waals surface area contributed by atoms with E-state index in [9.17, 15) is 4.79 Å². The van der Waals surface area contributed by atoms with Gasteiger partial charge in [-0.25, -0.2) is 4.98 Å². The van der Waals surface area contributed by atoms with Crippen LogP contribution in [-0.2, 0) is 0 Å². The number of nitrogens with zero attached hydrogens (tertiary/aromatic N) is 3. The second kappa shape index (κ2) is 8.59. The molecule has 2 heterocycles. The van der Waals surface area contributed by atoms with Crippen molar-refractivity contribution in [2.75, 3.05) is 11.6 Å². The fourth-order valence-corrected chi connectivity index (χ4v) is 3.57. The van der Waals surface area contributed by atoms with Crippen LogP contribution in [0.2, 0.25) is 0 Å². The molecule has 6 nitrogen and oxygen atoms in total. The van der Waals surface area contributed by atoms with Gasteiger partial charge in [0.2, 0.25) is 0 Å². The lowest BCUT2D eigenvalue weighted by atomic mass is 10.1. The summed E-state index contributed by atoms with van der Waals surface area (Å²) in [4.78, 5) is 22.4. The van der Waals surface area contributed by atoms with Crippen molar-refractivity contribution < 1.29 is 4.79 Å². The van der Waals surface area contributed by atoms with Gasteiger partial charge in [-0.1, -0.05) is 12.1 Å². The van der Waals surface area contributed by atoms with Crippen LogP contribution in [0.25, 0.3) is 16.9 Å². The van der Waals surface area contributed by atoms with Gasteiger partial charge in [-0.3, -0.25) is 14.2 Å². The highest BCUT2D eigenvalue weighted by Crippen LogP contribution is 2.32. The Hall–Kier alpha value is -3.32. The number of benzene rings is 2. The quantitative estimate of drug-likeness (QED) is 0.432. The molecule has 7 heteroatoms. The Morgan fingerprint density at radius 3 is 2.47 bits per heavy atom. The number of hydrogen-bond acceptors (Lipinski definition) is 5. The molecule has 0 aliphatic carbocycles. The molecular weight excluding hydrogens is 394 g/mol. The Labute approximate surface area is 179 Å². The average Bonchev–Trinajstić information content (AvgIpc) is 3.12.